The van der Waals surface area contributed by atoms with E-state index in [4.69, 9.17) is 15.2 Å². The van der Waals surface area contributed by atoms with E-state index in [9.17, 15) is 9.59 Å². The topological polar surface area (TPSA) is 90.6 Å². The number of amides is 1. The fourth-order valence-corrected chi connectivity index (χ4v) is 1.53. The highest BCUT2D eigenvalue weighted by molar-refractivity contribution is 5.93. The number of esters is 1. The van der Waals surface area contributed by atoms with Crippen LogP contribution in [0, 0.1) is 0 Å². The lowest BCUT2D eigenvalue weighted by Crippen LogP contribution is -2.20. The molecule has 6 heteroatoms. The Morgan fingerprint density at radius 3 is 2.52 bits per heavy atom. The molecular formula is C15H22N2O4. The predicted octanol–water partition coefficient (Wildman–Crippen LogP) is 1.56. The van der Waals surface area contributed by atoms with Gasteiger partial charge >= 0.3 is 5.97 Å². The van der Waals surface area contributed by atoms with Gasteiger partial charge in [-0.25, -0.2) is 4.79 Å². The van der Waals surface area contributed by atoms with Gasteiger partial charge in [0.05, 0.1) is 18.8 Å². The van der Waals surface area contributed by atoms with Gasteiger partial charge in [0.15, 0.2) is 0 Å². The second kappa shape index (κ2) is 9.90. The Morgan fingerprint density at radius 1 is 1.19 bits per heavy atom. The van der Waals surface area contributed by atoms with Gasteiger partial charge in [-0.1, -0.05) is 13.3 Å². The number of carbonyl (C=O) groups is 2. The molecule has 0 saturated heterocycles. The summed E-state index contributed by atoms with van der Waals surface area (Å²) in [5.74, 6) is -0.616. The number of ether oxygens (including phenoxy) is 2. The molecule has 0 radical (unpaired) electrons. The number of nitrogens with one attached hydrogen (secondary N) is 1. The average Bonchev–Trinajstić information content (AvgIpc) is 2.48. The summed E-state index contributed by atoms with van der Waals surface area (Å²) < 4.78 is 10.1. The van der Waals surface area contributed by atoms with Crippen molar-refractivity contribution in [2.75, 3.05) is 31.7 Å². The van der Waals surface area contributed by atoms with Crippen LogP contribution in [-0.4, -0.2) is 38.2 Å². The van der Waals surface area contributed by atoms with Crippen molar-refractivity contribution in [2.45, 2.75) is 19.8 Å². The third-order valence-electron chi connectivity index (χ3n) is 2.63. The minimum atomic E-state index is -0.354. The van der Waals surface area contributed by atoms with Crippen LogP contribution in [-0.2, 0) is 14.3 Å². The first-order valence-corrected chi connectivity index (χ1v) is 7.02. The molecule has 3 N–H and O–H groups in total. The van der Waals surface area contributed by atoms with Crippen LogP contribution in [0.2, 0.25) is 0 Å². The van der Waals surface area contributed by atoms with E-state index in [1.165, 1.54) is 0 Å². The number of benzene rings is 1. The molecule has 1 aromatic rings. The van der Waals surface area contributed by atoms with Crippen LogP contribution in [0.5, 0.6) is 0 Å². The number of nitrogens with two attached hydrogens (primary N) is 1. The van der Waals surface area contributed by atoms with Crippen LogP contribution >= 0.6 is 0 Å². The number of hydrogen-bond donors (Lipinski definition) is 2. The van der Waals surface area contributed by atoms with Crippen LogP contribution < -0.4 is 11.1 Å². The molecule has 0 saturated carbocycles. The van der Waals surface area contributed by atoms with Crippen LogP contribution in [0.25, 0.3) is 0 Å². The molecule has 0 atom stereocenters. The molecule has 1 aromatic carbocycles. The molecule has 0 spiro atoms. The molecule has 1 amide bonds. The maximum atomic E-state index is 11.7. The van der Waals surface area contributed by atoms with Gasteiger partial charge in [0.25, 0.3) is 0 Å². The van der Waals surface area contributed by atoms with Gasteiger partial charge in [-0.2, -0.15) is 0 Å². The summed E-state index contributed by atoms with van der Waals surface area (Å²) in [4.78, 5) is 23.2. The van der Waals surface area contributed by atoms with E-state index >= 15 is 0 Å². The third kappa shape index (κ3) is 6.87. The first kappa shape index (κ1) is 17.1. The standard InChI is InChI=1S/C15H22N2O4/c1-2-3-9-21-15(19)12-4-6-13(7-5-12)17-14(18)11-20-10-8-16/h4-7H,2-3,8-11,16H2,1H3,(H,17,18). The van der Waals surface area contributed by atoms with Gasteiger partial charge in [0.2, 0.25) is 5.91 Å². The summed E-state index contributed by atoms with van der Waals surface area (Å²) in [6, 6.07) is 6.53. The Morgan fingerprint density at radius 2 is 1.90 bits per heavy atom. The first-order chi connectivity index (χ1) is 10.2. The Hall–Kier alpha value is -1.92. The smallest absolute Gasteiger partial charge is 0.338 e. The molecule has 0 bridgehead atoms. The molecule has 0 heterocycles. The monoisotopic (exact) mass is 294 g/mol. The van der Waals surface area contributed by atoms with Gasteiger partial charge < -0.3 is 20.5 Å². The predicted molar refractivity (Wildman–Crippen MR) is 80.1 cm³/mol. The van der Waals surface area contributed by atoms with Crippen molar-refractivity contribution in [3.63, 3.8) is 0 Å². The van der Waals surface area contributed by atoms with Gasteiger partial charge in [0.1, 0.15) is 6.61 Å². The number of hydrogen-bond acceptors (Lipinski definition) is 5. The highest BCUT2D eigenvalue weighted by Gasteiger charge is 2.07. The Labute approximate surface area is 124 Å². The molecule has 0 aliphatic carbocycles. The summed E-state index contributed by atoms with van der Waals surface area (Å²) in [6.07, 6.45) is 1.83. The fourth-order valence-electron chi connectivity index (χ4n) is 1.53. The maximum absolute atomic E-state index is 11.7. The van der Waals surface area contributed by atoms with E-state index in [0.717, 1.165) is 12.8 Å². The van der Waals surface area contributed by atoms with E-state index in [0.29, 0.717) is 31.0 Å². The minimum absolute atomic E-state index is 0.0436. The number of rotatable bonds is 9. The van der Waals surface area contributed by atoms with Gasteiger partial charge in [0, 0.05) is 12.2 Å². The molecule has 6 nitrogen and oxygen atoms in total. The van der Waals surface area contributed by atoms with Gasteiger partial charge in [-0.05, 0) is 30.7 Å². The normalized spacial score (nSPS) is 10.2. The quantitative estimate of drug-likeness (QED) is 0.533. The number of carbonyl (C=O) groups excluding carboxylic acids is 2. The van der Waals surface area contributed by atoms with E-state index in [2.05, 4.69) is 5.32 Å². The van der Waals surface area contributed by atoms with Crippen LogP contribution in [0.1, 0.15) is 30.1 Å². The zero-order valence-electron chi connectivity index (χ0n) is 12.3. The summed E-state index contributed by atoms with van der Waals surface area (Å²) in [7, 11) is 0. The molecule has 0 aliphatic rings. The van der Waals surface area contributed by atoms with Crippen molar-refractivity contribution in [2.24, 2.45) is 5.73 Å². The summed E-state index contributed by atoms with van der Waals surface area (Å²) in [5.41, 5.74) is 6.32. The SMILES string of the molecule is CCCCOC(=O)c1ccc(NC(=O)COCCN)cc1. The largest absolute Gasteiger partial charge is 0.462 e. The van der Waals surface area contributed by atoms with Crippen molar-refractivity contribution >= 4 is 17.6 Å². The number of anilines is 1. The molecule has 0 fully saturated rings. The Balaban J connectivity index is 2.42. The summed E-state index contributed by atoms with van der Waals surface area (Å²) in [6.45, 7) is 3.13. The molecular weight excluding hydrogens is 272 g/mol. The zero-order chi connectivity index (χ0) is 15.5. The van der Waals surface area contributed by atoms with Gasteiger partial charge in [-0.3, -0.25) is 4.79 Å². The fraction of sp³-hybridized carbons (Fsp3) is 0.467. The molecule has 0 aliphatic heterocycles. The maximum Gasteiger partial charge on any atom is 0.338 e. The summed E-state index contributed by atoms with van der Waals surface area (Å²) in [5, 5.41) is 2.66. The van der Waals surface area contributed by atoms with E-state index < -0.39 is 0 Å². The van der Waals surface area contributed by atoms with E-state index in [-0.39, 0.29) is 18.5 Å². The van der Waals surface area contributed by atoms with Crippen LogP contribution in [0.15, 0.2) is 24.3 Å². The van der Waals surface area contributed by atoms with Gasteiger partial charge in [-0.15, -0.1) is 0 Å². The third-order valence-corrected chi connectivity index (χ3v) is 2.63. The zero-order valence-corrected chi connectivity index (χ0v) is 12.3. The lowest BCUT2D eigenvalue weighted by Gasteiger charge is -2.07. The second-order valence-corrected chi connectivity index (χ2v) is 4.46. The van der Waals surface area contributed by atoms with Crippen molar-refractivity contribution in [1.29, 1.82) is 0 Å². The van der Waals surface area contributed by atoms with Crippen LogP contribution in [0.3, 0.4) is 0 Å². The van der Waals surface area contributed by atoms with Crippen molar-refractivity contribution in [1.82, 2.24) is 0 Å². The van der Waals surface area contributed by atoms with E-state index in [1.54, 1.807) is 24.3 Å². The highest BCUT2D eigenvalue weighted by atomic mass is 16.5. The van der Waals surface area contributed by atoms with Crippen molar-refractivity contribution in [3.8, 4) is 0 Å². The summed E-state index contributed by atoms with van der Waals surface area (Å²) >= 11 is 0. The Kier molecular flexibility index (Phi) is 8.08. The Bertz CT molecular complexity index is 445. The molecule has 21 heavy (non-hydrogen) atoms. The average molecular weight is 294 g/mol. The van der Waals surface area contributed by atoms with E-state index in [1.807, 2.05) is 6.92 Å². The highest BCUT2D eigenvalue weighted by Crippen LogP contribution is 2.10. The van der Waals surface area contributed by atoms with Crippen LogP contribution in [0.4, 0.5) is 5.69 Å². The minimum Gasteiger partial charge on any atom is -0.462 e. The number of unbranched alkanes of at least 4 members (excludes halogenated alkanes) is 1. The molecule has 116 valence electrons. The first-order valence-electron chi connectivity index (χ1n) is 7.02. The second-order valence-electron chi connectivity index (χ2n) is 4.46. The molecule has 1 rings (SSSR count). The molecule has 0 unspecified atom stereocenters. The lowest BCUT2D eigenvalue weighted by molar-refractivity contribution is -0.120. The van der Waals surface area contributed by atoms with Crippen molar-refractivity contribution in [3.05, 3.63) is 29.8 Å². The van der Waals surface area contributed by atoms with Crippen molar-refractivity contribution < 1.29 is 19.1 Å². The molecule has 0 aromatic heterocycles. The lowest BCUT2D eigenvalue weighted by atomic mass is 10.2.